The number of nitro benzene ring substituents is 1. The minimum Gasteiger partial charge on any atom is -0.258 e. The van der Waals surface area contributed by atoms with E-state index in [2.05, 4.69) is 26.2 Å². The predicted octanol–water partition coefficient (Wildman–Crippen LogP) is 2.91. The summed E-state index contributed by atoms with van der Waals surface area (Å²) in [5, 5.41) is 18.1. The quantitative estimate of drug-likeness (QED) is 0.492. The molecule has 0 bridgehead atoms. The van der Waals surface area contributed by atoms with Gasteiger partial charge in [-0.05, 0) is 13.0 Å². The third kappa shape index (κ3) is 2.46. The van der Waals surface area contributed by atoms with E-state index in [0.29, 0.717) is 11.8 Å². The van der Waals surface area contributed by atoms with Crippen LogP contribution >= 0.6 is 15.9 Å². The summed E-state index contributed by atoms with van der Waals surface area (Å²) in [6, 6.07) is 1.58. The average molecular weight is 333 g/mol. The van der Waals surface area contributed by atoms with Gasteiger partial charge in [0.25, 0.3) is 5.69 Å². The zero-order valence-corrected chi connectivity index (χ0v) is 11.1. The van der Waals surface area contributed by atoms with Crippen molar-refractivity contribution in [1.29, 1.82) is 0 Å². The zero-order chi connectivity index (χ0) is 14.2. The molecule has 0 spiro atoms. The Hall–Kier alpha value is -1.90. The summed E-state index contributed by atoms with van der Waals surface area (Å²) >= 11 is 3.23. The van der Waals surface area contributed by atoms with Crippen LogP contribution in [0, 0.1) is 21.7 Å². The van der Waals surface area contributed by atoms with Crippen LogP contribution in [-0.2, 0) is 0 Å². The van der Waals surface area contributed by atoms with Gasteiger partial charge in [-0.2, -0.15) is 0 Å². The minimum absolute atomic E-state index is 0.170. The molecule has 0 saturated heterocycles. The highest BCUT2D eigenvalue weighted by molar-refractivity contribution is 9.09. The molecule has 0 aliphatic carbocycles. The molecule has 1 atom stereocenters. The lowest BCUT2D eigenvalue weighted by atomic mass is 10.2. The highest BCUT2D eigenvalue weighted by Gasteiger charge is 2.24. The number of alkyl halides is 1. The second kappa shape index (κ2) is 5.00. The van der Waals surface area contributed by atoms with Crippen LogP contribution in [0.15, 0.2) is 18.3 Å². The maximum atomic E-state index is 13.7. The second-order valence-electron chi connectivity index (χ2n) is 3.69. The van der Waals surface area contributed by atoms with E-state index in [1.54, 1.807) is 6.92 Å². The molecule has 1 aromatic carbocycles. The number of nitro groups is 1. The third-order valence-electron chi connectivity index (χ3n) is 2.39. The fourth-order valence-corrected chi connectivity index (χ4v) is 1.67. The first-order valence-electron chi connectivity index (χ1n) is 5.11. The Morgan fingerprint density at radius 3 is 2.68 bits per heavy atom. The number of aromatic nitrogens is 3. The van der Waals surface area contributed by atoms with Gasteiger partial charge in [0.15, 0.2) is 17.3 Å². The van der Waals surface area contributed by atoms with Gasteiger partial charge in [0.05, 0.1) is 21.6 Å². The Labute approximate surface area is 114 Å². The van der Waals surface area contributed by atoms with Crippen molar-refractivity contribution in [2.75, 3.05) is 0 Å². The van der Waals surface area contributed by atoms with E-state index in [1.807, 2.05) is 0 Å². The molecule has 9 heteroatoms. The van der Waals surface area contributed by atoms with Gasteiger partial charge in [0.2, 0.25) is 0 Å². The molecule has 100 valence electrons. The second-order valence-corrected chi connectivity index (χ2v) is 5.06. The summed E-state index contributed by atoms with van der Waals surface area (Å²) in [6.45, 7) is 1.75. The van der Waals surface area contributed by atoms with Crippen LogP contribution in [0.4, 0.5) is 14.5 Å². The normalized spacial score (nSPS) is 12.4. The molecule has 0 N–H and O–H groups in total. The number of nitrogens with zero attached hydrogens (tertiary/aromatic N) is 4. The Kier molecular flexibility index (Phi) is 3.56. The summed E-state index contributed by atoms with van der Waals surface area (Å²) in [4.78, 5) is 9.87. The molecule has 0 radical (unpaired) electrons. The molecule has 2 rings (SSSR count). The van der Waals surface area contributed by atoms with Gasteiger partial charge in [0.1, 0.15) is 0 Å². The van der Waals surface area contributed by atoms with E-state index in [-0.39, 0.29) is 4.83 Å². The largest absolute Gasteiger partial charge is 0.298 e. The monoisotopic (exact) mass is 332 g/mol. The summed E-state index contributed by atoms with van der Waals surface area (Å²) in [7, 11) is 0. The van der Waals surface area contributed by atoms with E-state index >= 15 is 0 Å². The smallest absolute Gasteiger partial charge is 0.258 e. The van der Waals surface area contributed by atoms with E-state index < -0.39 is 27.9 Å². The molecule has 0 aliphatic rings. The Morgan fingerprint density at radius 2 is 2.16 bits per heavy atom. The lowest BCUT2D eigenvalue weighted by molar-refractivity contribution is -0.384. The van der Waals surface area contributed by atoms with Crippen LogP contribution in [0.3, 0.4) is 0 Å². The van der Waals surface area contributed by atoms with Crippen LogP contribution in [0.25, 0.3) is 5.69 Å². The van der Waals surface area contributed by atoms with Crippen LogP contribution in [0.2, 0.25) is 0 Å². The highest BCUT2D eigenvalue weighted by Crippen LogP contribution is 2.28. The van der Waals surface area contributed by atoms with E-state index in [1.165, 1.54) is 6.20 Å². The Balaban J connectivity index is 2.65. The molecule has 1 unspecified atom stereocenters. The first-order chi connectivity index (χ1) is 8.91. The van der Waals surface area contributed by atoms with Crippen LogP contribution < -0.4 is 0 Å². The summed E-state index contributed by atoms with van der Waals surface area (Å²) in [5.41, 5.74) is -0.715. The van der Waals surface area contributed by atoms with Gasteiger partial charge in [-0.3, -0.25) is 10.1 Å². The number of halogens is 3. The van der Waals surface area contributed by atoms with E-state index in [0.717, 1.165) is 10.7 Å². The van der Waals surface area contributed by atoms with Crippen molar-refractivity contribution in [3.8, 4) is 5.69 Å². The highest BCUT2D eigenvalue weighted by atomic mass is 79.9. The van der Waals surface area contributed by atoms with Crippen molar-refractivity contribution >= 4 is 21.6 Å². The van der Waals surface area contributed by atoms with Crippen molar-refractivity contribution < 1.29 is 13.7 Å². The average Bonchev–Trinajstić information content (AvgIpc) is 2.81. The summed E-state index contributed by atoms with van der Waals surface area (Å²) in [6.07, 6.45) is 1.30. The van der Waals surface area contributed by atoms with Crippen molar-refractivity contribution in [2.45, 2.75) is 11.8 Å². The summed E-state index contributed by atoms with van der Waals surface area (Å²) < 4.78 is 27.8. The molecule has 1 aromatic heterocycles. The van der Waals surface area contributed by atoms with E-state index in [4.69, 9.17) is 0 Å². The van der Waals surface area contributed by atoms with Crippen molar-refractivity contribution in [2.24, 2.45) is 0 Å². The molecule has 0 fully saturated rings. The van der Waals surface area contributed by atoms with Gasteiger partial charge in [0, 0.05) is 6.07 Å². The Morgan fingerprint density at radius 1 is 1.47 bits per heavy atom. The SMILES string of the molecule is CC(Br)c1cn(-c2c([N+](=O)[O-])ccc(F)c2F)nn1. The number of benzene rings is 1. The maximum absolute atomic E-state index is 13.7. The lowest BCUT2D eigenvalue weighted by Crippen LogP contribution is -2.05. The van der Waals surface area contributed by atoms with Gasteiger partial charge < -0.3 is 0 Å². The molecular weight excluding hydrogens is 326 g/mol. The molecule has 0 amide bonds. The Bertz CT molecular complexity index is 644. The third-order valence-corrected chi connectivity index (χ3v) is 2.86. The lowest BCUT2D eigenvalue weighted by Gasteiger charge is -2.04. The topological polar surface area (TPSA) is 73.8 Å². The molecule has 1 heterocycles. The molecule has 0 aliphatic heterocycles. The van der Waals surface area contributed by atoms with Crippen LogP contribution in [-0.4, -0.2) is 19.9 Å². The molecule has 6 nitrogen and oxygen atoms in total. The van der Waals surface area contributed by atoms with Crippen LogP contribution in [0.5, 0.6) is 0 Å². The standard InChI is InChI=1S/C10H7BrF2N4O2/c1-5(11)7-4-16(15-14-7)10-8(17(18)19)3-2-6(12)9(10)13/h2-5H,1H3. The number of rotatable bonds is 3. The van der Waals surface area contributed by atoms with Gasteiger partial charge >= 0.3 is 0 Å². The predicted molar refractivity (Wildman–Crippen MR) is 65.3 cm³/mol. The van der Waals surface area contributed by atoms with Gasteiger partial charge in [-0.1, -0.05) is 21.1 Å². The van der Waals surface area contributed by atoms with Crippen molar-refractivity contribution in [3.63, 3.8) is 0 Å². The van der Waals surface area contributed by atoms with Crippen LogP contribution in [0.1, 0.15) is 17.4 Å². The first kappa shape index (κ1) is 13.5. The summed E-state index contributed by atoms with van der Waals surface area (Å²) in [5.74, 6) is -2.53. The molecular formula is C10H7BrF2N4O2. The van der Waals surface area contributed by atoms with Gasteiger partial charge in [-0.15, -0.1) is 5.10 Å². The van der Waals surface area contributed by atoms with Crippen molar-refractivity contribution in [1.82, 2.24) is 15.0 Å². The van der Waals surface area contributed by atoms with Gasteiger partial charge in [-0.25, -0.2) is 13.5 Å². The first-order valence-corrected chi connectivity index (χ1v) is 6.02. The minimum atomic E-state index is -1.34. The fourth-order valence-electron chi connectivity index (χ4n) is 1.46. The fraction of sp³-hybridized carbons (Fsp3) is 0.200. The van der Waals surface area contributed by atoms with E-state index in [9.17, 15) is 18.9 Å². The molecule has 2 aromatic rings. The number of hydrogen-bond acceptors (Lipinski definition) is 4. The zero-order valence-electron chi connectivity index (χ0n) is 9.55. The molecule has 19 heavy (non-hydrogen) atoms. The maximum Gasteiger partial charge on any atom is 0.298 e. The number of hydrogen-bond donors (Lipinski definition) is 0. The molecule has 0 saturated carbocycles. The van der Waals surface area contributed by atoms with Crippen molar-refractivity contribution in [3.05, 3.63) is 45.8 Å².